The molecule has 0 saturated heterocycles. The Bertz CT molecular complexity index is 725. The van der Waals surface area contributed by atoms with Gasteiger partial charge in [-0.25, -0.2) is 0 Å². The van der Waals surface area contributed by atoms with Gasteiger partial charge < -0.3 is 0 Å². The van der Waals surface area contributed by atoms with Crippen molar-refractivity contribution in [2.24, 2.45) is 4.99 Å². The molecule has 3 aromatic rings. The molecule has 3 heteroatoms. The standard InChI is InChI=1S/C20H19N3/c1-3-9-17(10-4-1)15-22-20(18-11-5-2-6-12-18)23-16-19-13-7-8-14-21-19/h1-14,16,20,22H,15H2. The summed E-state index contributed by atoms with van der Waals surface area (Å²) in [4.78, 5) is 8.97. The van der Waals surface area contributed by atoms with Gasteiger partial charge in [-0.3, -0.25) is 15.3 Å². The van der Waals surface area contributed by atoms with Gasteiger partial charge in [0.1, 0.15) is 6.17 Å². The van der Waals surface area contributed by atoms with Gasteiger partial charge in [0.05, 0.1) is 5.69 Å². The van der Waals surface area contributed by atoms with Crippen molar-refractivity contribution in [1.29, 1.82) is 0 Å². The molecular weight excluding hydrogens is 282 g/mol. The van der Waals surface area contributed by atoms with E-state index in [2.05, 4.69) is 39.6 Å². The molecule has 1 aromatic heterocycles. The Hall–Kier alpha value is -2.78. The predicted molar refractivity (Wildman–Crippen MR) is 94.3 cm³/mol. The van der Waals surface area contributed by atoms with Gasteiger partial charge in [0.25, 0.3) is 0 Å². The maximum Gasteiger partial charge on any atom is 0.125 e. The zero-order chi connectivity index (χ0) is 15.7. The highest BCUT2D eigenvalue weighted by Crippen LogP contribution is 2.15. The number of benzene rings is 2. The fraction of sp³-hybridized carbons (Fsp3) is 0.100. The molecule has 0 aliphatic rings. The van der Waals surface area contributed by atoms with E-state index in [1.54, 1.807) is 6.20 Å². The van der Waals surface area contributed by atoms with Crippen molar-refractivity contribution in [1.82, 2.24) is 10.3 Å². The molecule has 0 aliphatic carbocycles. The van der Waals surface area contributed by atoms with E-state index in [0.29, 0.717) is 0 Å². The van der Waals surface area contributed by atoms with E-state index >= 15 is 0 Å². The molecule has 0 spiro atoms. The summed E-state index contributed by atoms with van der Waals surface area (Å²) in [5, 5.41) is 3.50. The lowest BCUT2D eigenvalue weighted by molar-refractivity contribution is 0.556. The monoisotopic (exact) mass is 301 g/mol. The second-order valence-electron chi connectivity index (χ2n) is 5.21. The lowest BCUT2D eigenvalue weighted by atomic mass is 10.1. The van der Waals surface area contributed by atoms with Crippen molar-refractivity contribution in [3.63, 3.8) is 0 Å². The Morgan fingerprint density at radius 3 is 2.26 bits per heavy atom. The number of rotatable bonds is 6. The summed E-state index contributed by atoms with van der Waals surface area (Å²) in [6.07, 6.45) is 3.49. The normalized spacial score (nSPS) is 12.3. The summed E-state index contributed by atoms with van der Waals surface area (Å²) in [5.74, 6) is 0. The number of nitrogens with one attached hydrogen (secondary N) is 1. The van der Waals surface area contributed by atoms with Gasteiger partial charge in [0.2, 0.25) is 0 Å². The van der Waals surface area contributed by atoms with Crippen molar-refractivity contribution >= 4 is 6.21 Å². The largest absolute Gasteiger partial charge is 0.288 e. The fourth-order valence-electron chi connectivity index (χ4n) is 2.31. The maximum atomic E-state index is 4.68. The molecule has 1 N–H and O–H groups in total. The molecule has 114 valence electrons. The lowest BCUT2D eigenvalue weighted by Gasteiger charge is -2.15. The second kappa shape index (κ2) is 8.01. The lowest BCUT2D eigenvalue weighted by Crippen LogP contribution is -2.19. The average molecular weight is 301 g/mol. The highest BCUT2D eigenvalue weighted by Gasteiger charge is 2.08. The van der Waals surface area contributed by atoms with Crippen LogP contribution in [-0.4, -0.2) is 11.2 Å². The Morgan fingerprint density at radius 1 is 0.870 bits per heavy atom. The van der Waals surface area contributed by atoms with E-state index in [-0.39, 0.29) is 6.17 Å². The first-order valence-electron chi connectivity index (χ1n) is 7.68. The second-order valence-corrected chi connectivity index (χ2v) is 5.21. The topological polar surface area (TPSA) is 37.3 Å². The van der Waals surface area contributed by atoms with E-state index in [1.165, 1.54) is 5.56 Å². The summed E-state index contributed by atoms with van der Waals surface area (Å²) >= 11 is 0. The summed E-state index contributed by atoms with van der Waals surface area (Å²) in [5.41, 5.74) is 3.23. The van der Waals surface area contributed by atoms with Crippen LogP contribution >= 0.6 is 0 Å². The third-order valence-corrected chi connectivity index (χ3v) is 3.50. The first kappa shape index (κ1) is 15.1. The fourth-order valence-corrected chi connectivity index (χ4v) is 2.31. The van der Waals surface area contributed by atoms with Gasteiger partial charge in [-0.15, -0.1) is 0 Å². The van der Waals surface area contributed by atoms with E-state index in [9.17, 15) is 0 Å². The minimum atomic E-state index is -0.0987. The molecule has 23 heavy (non-hydrogen) atoms. The number of aromatic nitrogens is 1. The molecule has 3 nitrogen and oxygen atoms in total. The van der Waals surface area contributed by atoms with E-state index in [1.807, 2.05) is 60.8 Å². The summed E-state index contributed by atoms with van der Waals surface area (Å²) in [7, 11) is 0. The molecule has 1 unspecified atom stereocenters. The van der Waals surface area contributed by atoms with Crippen molar-refractivity contribution in [3.8, 4) is 0 Å². The number of pyridine rings is 1. The van der Waals surface area contributed by atoms with E-state index in [4.69, 9.17) is 0 Å². The highest BCUT2D eigenvalue weighted by molar-refractivity contribution is 5.76. The third kappa shape index (κ3) is 4.59. The Kier molecular flexibility index (Phi) is 5.27. The SMILES string of the molecule is C(=NC(NCc1ccccc1)c1ccccc1)c1ccccn1. The smallest absolute Gasteiger partial charge is 0.125 e. The van der Waals surface area contributed by atoms with Crippen LogP contribution in [0.2, 0.25) is 0 Å². The van der Waals surface area contributed by atoms with Crippen molar-refractivity contribution < 1.29 is 0 Å². The van der Waals surface area contributed by atoms with E-state index in [0.717, 1.165) is 17.8 Å². The molecule has 1 heterocycles. The highest BCUT2D eigenvalue weighted by atomic mass is 15.1. The third-order valence-electron chi connectivity index (χ3n) is 3.50. The molecule has 0 radical (unpaired) electrons. The zero-order valence-electron chi connectivity index (χ0n) is 12.8. The Balaban J connectivity index is 1.75. The van der Waals surface area contributed by atoms with Crippen LogP contribution in [0.25, 0.3) is 0 Å². The number of hydrogen-bond acceptors (Lipinski definition) is 3. The van der Waals surface area contributed by atoms with Gasteiger partial charge in [0, 0.05) is 19.0 Å². The quantitative estimate of drug-likeness (QED) is 0.699. The number of hydrogen-bond donors (Lipinski definition) is 1. The Labute approximate surface area is 136 Å². The van der Waals surface area contributed by atoms with Crippen LogP contribution in [0, 0.1) is 0 Å². The van der Waals surface area contributed by atoms with Crippen molar-refractivity contribution in [3.05, 3.63) is 102 Å². The minimum Gasteiger partial charge on any atom is -0.288 e. The Morgan fingerprint density at radius 2 is 1.57 bits per heavy atom. The van der Waals surface area contributed by atoms with Gasteiger partial charge in [-0.1, -0.05) is 66.7 Å². The van der Waals surface area contributed by atoms with Gasteiger partial charge >= 0.3 is 0 Å². The first-order chi connectivity index (χ1) is 11.4. The average Bonchev–Trinajstić information content (AvgIpc) is 2.64. The van der Waals surface area contributed by atoms with Crippen LogP contribution in [0.1, 0.15) is 23.0 Å². The van der Waals surface area contributed by atoms with Crippen LogP contribution in [0.15, 0.2) is 90.1 Å². The molecule has 1 atom stereocenters. The molecule has 2 aromatic carbocycles. The maximum absolute atomic E-state index is 4.68. The molecule has 0 bridgehead atoms. The predicted octanol–water partition coefficient (Wildman–Crippen LogP) is 3.99. The van der Waals surface area contributed by atoms with Crippen LogP contribution in [0.5, 0.6) is 0 Å². The number of aliphatic imine (C=N–C) groups is 1. The van der Waals surface area contributed by atoms with Crippen LogP contribution < -0.4 is 5.32 Å². The van der Waals surface area contributed by atoms with E-state index < -0.39 is 0 Å². The molecule has 3 rings (SSSR count). The van der Waals surface area contributed by atoms with Crippen LogP contribution in [0.4, 0.5) is 0 Å². The summed E-state index contributed by atoms with van der Waals surface area (Å²) < 4.78 is 0. The van der Waals surface area contributed by atoms with Crippen LogP contribution in [-0.2, 0) is 6.54 Å². The number of nitrogens with zero attached hydrogens (tertiary/aromatic N) is 2. The summed E-state index contributed by atoms with van der Waals surface area (Å²) in [6, 6.07) is 26.4. The molecule has 0 aliphatic heterocycles. The minimum absolute atomic E-state index is 0.0987. The molecule has 0 saturated carbocycles. The molecule has 0 fully saturated rings. The van der Waals surface area contributed by atoms with Gasteiger partial charge in [-0.2, -0.15) is 0 Å². The van der Waals surface area contributed by atoms with Crippen molar-refractivity contribution in [2.75, 3.05) is 0 Å². The molecule has 0 amide bonds. The first-order valence-corrected chi connectivity index (χ1v) is 7.68. The molecular formula is C20H19N3. The van der Waals surface area contributed by atoms with Gasteiger partial charge in [0.15, 0.2) is 0 Å². The summed E-state index contributed by atoms with van der Waals surface area (Å²) in [6.45, 7) is 0.764. The van der Waals surface area contributed by atoms with Gasteiger partial charge in [-0.05, 0) is 23.3 Å². The van der Waals surface area contributed by atoms with Crippen LogP contribution in [0.3, 0.4) is 0 Å². The van der Waals surface area contributed by atoms with Crippen molar-refractivity contribution in [2.45, 2.75) is 12.7 Å². The zero-order valence-corrected chi connectivity index (χ0v) is 12.8.